The summed E-state index contributed by atoms with van der Waals surface area (Å²) < 4.78 is 5.72. The van der Waals surface area contributed by atoms with E-state index in [1.165, 1.54) is 6.08 Å². The summed E-state index contributed by atoms with van der Waals surface area (Å²) >= 11 is 6.06. The number of hydrogen-bond acceptors (Lipinski definition) is 3. The van der Waals surface area contributed by atoms with Crippen LogP contribution in [0.3, 0.4) is 0 Å². The molecule has 1 aromatic heterocycles. The molecule has 0 radical (unpaired) electrons. The normalized spacial score (nSPS) is 10.8. The van der Waals surface area contributed by atoms with Crippen LogP contribution in [0.5, 0.6) is 11.5 Å². The molecule has 0 aliphatic rings. The van der Waals surface area contributed by atoms with Gasteiger partial charge in [0.05, 0.1) is 6.20 Å². The Bertz CT molecular complexity index is 683. The summed E-state index contributed by atoms with van der Waals surface area (Å²) in [5.74, 6) is 0.191. The molecule has 2 aromatic rings. The Hall–Kier alpha value is -2.33. The number of aryl methyl sites for hydroxylation is 1. The lowest BCUT2D eigenvalue weighted by Gasteiger charge is -2.08. The zero-order chi connectivity index (χ0) is 15.2. The van der Waals surface area contributed by atoms with E-state index < -0.39 is 5.97 Å². The first kappa shape index (κ1) is 15.1. The van der Waals surface area contributed by atoms with Gasteiger partial charge >= 0.3 is 5.97 Å². The van der Waals surface area contributed by atoms with E-state index >= 15 is 0 Å². The van der Waals surface area contributed by atoms with Gasteiger partial charge in [0.2, 0.25) is 0 Å². The zero-order valence-electron chi connectivity index (χ0n) is 11.4. The number of aliphatic carboxylic acids is 1. The molecule has 0 unspecified atom stereocenters. The topological polar surface area (TPSA) is 59.4 Å². The van der Waals surface area contributed by atoms with Crippen LogP contribution >= 0.6 is 11.6 Å². The molecule has 4 nitrogen and oxygen atoms in total. The van der Waals surface area contributed by atoms with Gasteiger partial charge in [-0.15, -0.1) is 0 Å². The van der Waals surface area contributed by atoms with E-state index in [0.717, 1.165) is 18.1 Å². The smallest absolute Gasteiger partial charge is 0.328 e. The van der Waals surface area contributed by atoms with Crippen LogP contribution in [0.2, 0.25) is 5.02 Å². The summed E-state index contributed by atoms with van der Waals surface area (Å²) in [7, 11) is 0. The van der Waals surface area contributed by atoms with Gasteiger partial charge in [-0.3, -0.25) is 4.98 Å². The van der Waals surface area contributed by atoms with Gasteiger partial charge in [-0.2, -0.15) is 0 Å². The third-order valence-electron chi connectivity index (χ3n) is 2.79. The maximum absolute atomic E-state index is 10.5. The Labute approximate surface area is 127 Å². The predicted octanol–water partition coefficient (Wildman–Crippen LogP) is 4.19. The number of carboxylic acid groups (broad SMARTS) is 1. The third-order valence-corrected chi connectivity index (χ3v) is 3.16. The largest absolute Gasteiger partial charge is 0.478 e. The Balaban J connectivity index is 2.20. The summed E-state index contributed by atoms with van der Waals surface area (Å²) in [6, 6.07) is 7.16. The fourth-order valence-electron chi connectivity index (χ4n) is 1.77. The molecule has 1 N–H and O–H groups in total. The summed E-state index contributed by atoms with van der Waals surface area (Å²) in [5, 5.41) is 9.32. The molecule has 0 saturated carbocycles. The molecule has 5 heteroatoms. The average molecular weight is 304 g/mol. The van der Waals surface area contributed by atoms with Crippen LogP contribution < -0.4 is 4.74 Å². The molecule has 108 valence electrons. The number of rotatable bonds is 5. The van der Waals surface area contributed by atoms with Crippen LogP contribution in [0, 0.1) is 0 Å². The van der Waals surface area contributed by atoms with Crippen molar-refractivity contribution in [2.24, 2.45) is 0 Å². The van der Waals surface area contributed by atoms with Gasteiger partial charge in [-0.25, -0.2) is 4.79 Å². The van der Waals surface area contributed by atoms with Crippen molar-refractivity contribution in [3.8, 4) is 11.5 Å². The number of halogens is 1. The summed E-state index contributed by atoms with van der Waals surface area (Å²) in [6.07, 6.45) is 6.46. The Morgan fingerprint density at radius 2 is 2.14 bits per heavy atom. The van der Waals surface area contributed by atoms with E-state index in [1.54, 1.807) is 30.6 Å². The van der Waals surface area contributed by atoms with Crippen molar-refractivity contribution >= 4 is 23.6 Å². The Morgan fingerprint density at radius 3 is 2.86 bits per heavy atom. The van der Waals surface area contributed by atoms with Gasteiger partial charge in [0.1, 0.15) is 11.5 Å². The maximum atomic E-state index is 10.5. The molecule has 0 aliphatic carbocycles. The minimum Gasteiger partial charge on any atom is -0.478 e. The molecular formula is C16H14ClNO3. The van der Waals surface area contributed by atoms with Crippen LogP contribution in [0.1, 0.15) is 18.1 Å². The van der Waals surface area contributed by atoms with Crippen LogP contribution in [0.15, 0.2) is 42.7 Å². The zero-order valence-corrected chi connectivity index (χ0v) is 12.2. The highest BCUT2D eigenvalue weighted by atomic mass is 35.5. The number of aromatic nitrogens is 1. The summed E-state index contributed by atoms with van der Waals surface area (Å²) in [4.78, 5) is 14.5. The molecule has 1 aromatic carbocycles. The fraction of sp³-hybridized carbons (Fsp3) is 0.125. The second-order valence-corrected chi connectivity index (χ2v) is 4.74. The molecule has 0 saturated heterocycles. The van der Waals surface area contributed by atoms with Crippen molar-refractivity contribution in [1.29, 1.82) is 0 Å². The van der Waals surface area contributed by atoms with E-state index in [4.69, 9.17) is 21.4 Å². The van der Waals surface area contributed by atoms with Gasteiger partial charge in [0.25, 0.3) is 0 Å². The van der Waals surface area contributed by atoms with E-state index in [9.17, 15) is 4.79 Å². The lowest BCUT2D eigenvalue weighted by molar-refractivity contribution is -0.131. The molecule has 2 rings (SSSR count). The molecule has 0 spiro atoms. The first-order valence-electron chi connectivity index (χ1n) is 6.41. The number of benzene rings is 1. The molecule has 21 heavy (non-hydrogen) atoms. The number of ether oxygens (including phenoxy) is 1. The quantitative estimate of drug-likeness (QED) is 0.841. The van der Waals surface area contributed by atoms with Crippen molar-refractivity contribution < 1.29 is 14.6 Å². The molecular weight excluding hydrogens is 290 g/mol. The van der Waals surface area contributed by atoms with Gasteiger partial charge in [-0.05, 0) is 47.9 Å². The summed E-state index contributed by atoms with van der Waals surface area (Å²) in [5.41, 5.74) is 1.66. The lowest BCUT2D eigenvalue weighted by Crippen LogP contribution is -1.90. The molecule has 0 bridgehead atoms. The molecule has 0 aliphatic heterocycles. The van der Waals surface area contributed by atoms with E-state index in [0.29, 0.717) is 22.1 Å². The molecule has 0 atom stereocenters. The number of pyridine rings is 1. The first-order chi connectivity index (χ1) is 10.1. The monoisotopic (exact) mass is 303 g/mol. The van der Waals surface area contributed by atoms with Crippen LogP contribution in [-0.2, 0) is 11.2 Å². The van der Waals surface area contributed by atoms with Gasteiger partial charge in [0, 0.05) is 17.3 Å². The highest BCUT2D eigenvalue weighted by Gasteiger charge is 2.03. The highest BCUT2D eigenvalue weighted by Crippen LogP contribution is 2.26. The van der Waals surface area contributed by atoms with Crippen molar-refractivity contribution in [2.75, 3.05) is 0 Å². The maximum Gasteiger partial charge on any atom is 0.328 e. The van der Waals surface area contributed by atoms with E-state index in [-0.39, 0.29) is 0 Å². The van der Waals surface area contributed by atoms with Crippen molar-refractivity contribution in [1.82, 2.24) is 4.98 Å². The second kappa shape index (κ2) is 6.90. The van der Waals surface area contributed by atoms with E-state index in [1.807, 2.05) is 13.0 Å². The Kier molecular flexibility index (Phi) is 4.95. The molecule has 0 fully saturated rings. The summed E-state index contributed by atoms with van der Waals surface area (Å²) in [6.45, 7) is 2.02. The van der Waals surface area contributed by atoms with Gasteiger partial charge in [0.15, 0.2) is 0 Å². The minimum atomic E-state index is -1.01. The van der Waals surface area contributed by atoms with E-state index in [2.05, 4.69) is 4.98 Å². The third kappa shape index (κ3) is 4.33. The second-order valence-electron chi connectivity index (χ2n) is 4.33. The highest BCUT2D eigenvalue weighted by molar-refractivity contribution is 6.31. The van der Waals surface area contributed by atoms with Crippen LogP contribution in [-0.4, -0.2) is 16.1 Å². The number of carbonyl (C=O) groups is 1. The minimum absolute atomic E-state index is 0.534. The molecule has 0 amide bonds. The Morgan fingerprint density at radius 1 is 1.33 bits per heavy atom. The number of nitrogens with zero attached hydrogens (tertiary/aromatic N) is 1. The van der Waals surface area contributed by atoms with Crippen LogP contribution in [0.25, 0.3) is 6.08 Å². The van der Waals surface area contributed by atoms with Gasteiger partial charge in [-0.1, -0.05) is 18.5 Å². The van der Waals surface area contributed by atoms with Crippen LogP contribution in [0.4, 0.5) is 0 Å². The fourth-order valence-corrected chi connectivity index (χ4v) is 2.02. The average Bonchev–Trinajstić information content (AvgIpc) is 2.47. The lowest BCUT2D eigenvalue weighted by atomic mass is 10.1. The number of hydrogen-bond donors (Lipinski definition) is 1. The SMILES string of the molecule is CCc1cc(Oc2cncc(/C=C/C(=O)O)c2)ccc1Cl. The predicted molar refractivity (Wildman–Crippen MR) is 81.8 cm³/mol. The standard InChI is InChI=1S/C16H14ClNO3/c1-2-12-8-13(4-5-15(12)17)21-14-7-11(9-18-10-14)3-6-16(19)20/h3-10H,2H2,1H3,(H,19,20)/b6-3+. The van der Waals surface area contributed by atoms with Gasteiger partial charge < -0.3 is 9.84 Å². The number of carboxylic acids is 1. The molecule has 1 heterocycles. The first-order valence-corrected chi connectivity index (χ1v) is 6.78. The van der Waals surface area contributed by atoms with Crippen molar-refractivity contribution in [3.05, 3.63) is 58.9 Å². The van der Waals surface area contributed by atoms with Crippen molar-refractivity contribution in [3.63, 3.8) is 0 Å². The van der Waals surface area contributed by atoms with Crippen molar-refractivity contribution in [2.45, 2.75) is 13.3 Å².